The third kappa shape index (κ3) is 4.63. The third-order valence-corrected chi connectivity index (χ3v) is 7.06. The highest BCUT2D eigenvalue weighted by Crippen LogP contribution is 2.25. The van der Waals surface area contributed by atoms with E-state index in [0.717, 1.165) is 5.56 Å². The smallest absolute Gasteiger partial charge is 0.230 e. The number of carbonyl (C=O) groups excluding carboxylic acids is 1. The first-order valence-electron chi connectivity index (χ1n) is 8.60. The van der Waals surface area contributed by atoms with E-state index in [2.05, 4.69) is 10.3 Å². The molecule has 0 saturated carbocycles. The van der Waals surface area contributed by atoms with Gasteiger partial charge in [0.1, 0.15) is 5.82 Å². The number of carbonyl (C=O) groups is 1. The van der Waals surface area contributed by atoms with Crippen molar-refractivity contribution in [1.29, 1.82) is 0 Å². The van der Waals surface area contributed by atoms with Crippen LogP contribution in [0.25, 0.3) is 11.3 Å². The lowest BCUT2D eigenvalue weighted by atomic mass is 10.1. The normalized spacial score (nSPS) is 11.6. The molecule has 1 amide bonds. The number of benzene rings is 2. The van der Waals surface area contributed by atoms with Gasteiger partial charge in [-0.05, 0) is 55.8 Å². The Balaban J connectivity index is 1.64. The fourth-order valence-electron chi connectivity index (χ4n) is 2.50. The molecule has 0 fully saturated rings. The minimum absolute atomic E-state index is 0.105. The summed E-state index contributed by atoms with van der Waals surface area (Å²) in [6, 6.07) is 12.3. The van der Waals surface area contributed by atoms with Crippen LogP contribution in [0.5, 0.6) is 0 Å². The van der Waals surface area contributed by atoms with Gasteiger partial charge < -0.3 is 5.32 Å². The number of rotatable bonds is 6. The van der Waals surface area contributed by atoms with E-state index in [1.807, 2.05) is 0 Å². The van der Waals surface area contributed by atoms with Crippen molar-refractivity contribution in [2.45, 2.75) is 30.4 Å². The van der Waals surface area contributed by atoms with Crippen LogP contribution in [0.2, 0.25) is 0 Å². The Morgan fingerprint density at radius 1 is 1.11 bits per heavy atom. The Bertz CT molecular complexity index is 1070. The van der Waals surface area contributed by atoms with Gasteiger partial charge in [-0.1, -0.05) is 12.1 Å². The molecule has 0 spiro atoms. The van der Waals surface area contributed by atoms with Crippen LogP contribution in [-0.4, -0.2) is 24.6 Å². The molecule has 5 nitrogen and oxygen atoms in total. The van der Waals surface area contributed by atoms with Crippen molar-refractivity contribution >= 4 is 32.2 Å². The van der Waals surface area contributed by atoms with Crippen LogP contribution in [0.3, 0.4) is 0 Å². The van der Waals surface area contributed by atoms with Gasteiger partial charge in [-0.3, -0.25) is 4.79 Å². The predicted octanol–water partition coefficient (Wildman–Crippen LogP) is 4.31. The first-order valence-corrected chi connectivity index (χ1v) is 11.0. The summed E-state index contributed by atoms with van der Waals surface area (Å²) in [6.45, 7) is 3.26. The lowest BCUT2D eigenvalue weighted by molar-refractivity contribution is -0.115. The van der Waals surface area contributed by atoms with E-state index in [0.29, 0.717) is 16.4 Å². The molecular formula is C20H19FN2O3S2. The van der Waals surface area contributed by atoms with E-state index in [9.17, 15) is 17.6 Å². The van der Waals surface area contributed by atoms with Crippen molar-refractivity contribution in [3.8, 4) is 11.3 Å². The maximum Gasteiger partial charge on any atom is 0.230 e. The molecule has 0 saturated heterocycles. The zero-order valence-corrected chi connectivity index (χ0v) is 17.0. The SMILES string of the molecule is CC(C)S(=O)(=O)c1ccc(CC(=O)Nc2nc(-c3ccc(F)cc3)cs2)cc1. The van der Waals surface area contributed by atoms with Gasteiger partial charge in [0.2, 0.25) is 5.91 Å². The van der Waals surface area contributed by atoms with Gasteiger partial charge in [-0.2, -0.15) is 0 Å². The number of nitrogens with zero attached hydrogens (tertiary/aromatic N) is 1. The number of hydrogen-bond donors (Lipinski definition) is 1. The number of amides is 1. The molecule has 0 aliphatic heterocycles. The van der Waals surface area contributed by atoms with E-state index >= 15 is 0 Å². The van der Waals surface area contributed by atoms with Gasteiger partial charge in [0, 0.05) is 10.9 Å². The molecule has 0 atom stereocenters. The summed E-state index contributed by atoms with van der Waals surface area (Å²) in [5, 5.41) is 4.47. The fourth-order valence-corrected chi connectivity index (χ4v) is 4.30. The number of halogens is 1. The summed E-state index contributed by atoms with van der Waals surface area (Å²) in [7, 11) is -3.33. The number of aromatic nitrogens is 1. The Morgan fingerprint density at radius 3 is 2.36 bits per heavy atom. The topological polar surface area (TPSA) is 76.1 Å². The molecule has 3 rings (SSSR count). The molecule has 0 aliphatic carbocycles. The summed E-state index contributed by atoms with van der Waals surface area (Å²) in [5.74, 6) is -0.570. The van der Waals surface area contributed by atoms with Gasteiger partial charge in [0.25, 0.3) is 0 Å². The Labute approximate surface area is 167 Å². The number of nitrogens with one attached hydrogen (secondary N) is 1. The maximum atomic E-state index is 13.0. The second-order valence-corrected chi connectivity index (χ2v) is 9.87. The Kier molecular flexibility index (Phi) is 5.90. The highest BCUT2D eigenvalue weighted by atomic mass is 32.2. The largest absolute Gasteiger partial charge is 0.302 e. The lowest BCUT2D eigenvalue weighted by Crippen LogP contribution is -2.15. The molecular weight excluding hydrogens is 399 g/mol. The number of sulfone groups is 1. The zero-order valence-electron chi connectivity index (χ0n) is 15.3. The van der Waals surface area contributed by atoms with Crippen LogP contribution in [-0.2, 0) is 21.1 Å². The molecule has 28 heavy (non-hydrogen) atoms. The average Bonchev–Trinajstić information content (AvgIpc) is 3.11. The van der Waals surface area contributed by atoms with Crippen molar-refractivity contribution in [3.05, 3.63) is 65.3 Å². The summed E-state index contributed by atoms with van der Waals surface area (Å²) in [6.07, 6.45) is 0.105. The summed E-state index contributed by atoms with van der Waals surface area (Å²) in [5.41, 5.74) is 2.12. The van der Waals surface area contributed by atoms with Crippen LogP contribution in [0.15, 0.2) is 58.8 Å². The van der Waals surface area contributed by atoms with Crippen molar-refractivity contribution in [1.82, 2.24) is 4.98 Å². The third-order valence-electron chi connectivity index (χ3n) is 4.13. The Hall–Kier alpha value is -2.58. The second kappa shape index (κ2) is 8.20. The molecule has 1 heterocycles. The van der Waals surface area contributed by atoms with Gasteiger partial charge in [0.15, 0.2) is 15.0 Å². The summed E-state index contributed by atoms with van der Waals surface area (Å²) in [4.78, 5) is 16.8. The molecule has 8 heteroatoms. The Morgan fingerprint density at radius 2 is 1.75 bits per heavy atom. The van der Waals surface area contributed by atoms with Crippen LogP contribution in [0, 0.1) is 5.82 Å². The van der Waals surface area contributed by atoms with Gasteiger partial charge in [-0.25, -0.2) is 17.8 Å². The molecule has 3 aromatic rings. The van der Waals surface area contributed by atoms with Crippen LogP contribution >= 0.6 is 11.3 Å². The standard InChI is InChI=1S/C20H19FN2O3S2/c1-13(2)28(25,26)17-9-3-14(4-10-17)11-19(24)23-20-22-18(12-27-20)15-5-7-16(21)8-6-15/h3-10,12-13H,11H2,1-2H3,(H,22,23,24). The molecule has 1 N–H and O–H groups in total. The number of thiazole rings is 1. The molecule has 2 aromatic carbocycles. The number of anilines is 1. The highest BCUT2D eigenvalue weighted by Gasteiger charge is 2.19. The quantitative estimate of drug-likeness (QED) is 0.647. The van der Waals surface area contributed by atoms with Crippen molar-refractivity contribution in [3.63, 3.8) is 0 Å². The van der Waals surface area contributed by atoms with Crippen LogP contribution in [0.1, 0.15) is 19.4 Å². The molecule has 1 aromatic heterocycles. The minimum atomic E-state index is -3.33. The highest BCUT2D eigenvalue weighted by molar-refractivity contribution is 7.92. The van der Waals surface area contributed by atoms with Crippen LogP contribution < -0.4 is 5.32 Å². The minimum Gasteiger partial charge on any atom is -0.302 e. The van der Waals surface area contributed by atoms with Gasteiger partial charge in [0.05, 0.1) is 22.3 Å². The van der Waals surface area contributed by atoms with Crippen molar-refractivity contribution in [2.24, 2.45) is 0 Å². The first kappa shape index (κ1) is 20.2. The zero-order chi connectivity index (χ0) is 20.3. The van der Waals surface area contributed by atoms with E-state index < -0.39 is 15.1 Å². The fraction of sp³-hybridized carbons (Fsp3) is 0.200. The average molecular weight is 419 g/mol. The molecule has 0 radical (unpaired) electrons. The van der Waals surface area contributed by atoms with Crippen molar-refractivity contribution < 1.29 is 17.6 Å². The van der Waals surface area contributed by atoms with E-state index in [4.69, 9.17) is 0 Å². The summed E-state index contributed by atoms with van der Waals surface area (Å²) < 4.78 is 37.3. The number of hydrogen-bond acceptors (Lipinski definition) is 5. The maximum absolute atomic E-state index is 13.0. The molecule has 146 valence electrons. The second-order valence-electron chi connectivity index (χ2n) is 6.51. The van der Waals surface area contributed by atoms with Crippen molar-refractivity contribution in [2.75, 3.05) is 5.32 Å². The van der Waals surface area contributed by atoms with E-state index in [1.54, 1.807) is 43.5 Å². The predicted molar refractivity (Wildman–Crippen MR) is 109 cm³/mol. The first-order chi connectivity index (χ1) is 13.3. The van der Waals surface area contributed by atoms with Crippen LogP contribution in [0.4, 0.5) is 9.52 Å². The monoisotopic (exact) mass is 418 g/mol. The molecule has 0 bridgehead atoms. The lowest BCUT2D eigenvalue weighted by Gasteiger charge is -2.08. The van der Waals surface area contributed by atoms with Gasteiger partial charge >= 0.3 is 0 Å². The summed E-state index contributed by atoms with van der Waals surface area (Å²) >= 11 is 1.28. The molecule has 0 unspecified atom stereocenters. The molecule has 0 aliphatic rings. The van der Waals surface area contributed by atoms with E-state index in [1.165, 1.54) is 35.6 Å². The van der Waals surface area contributed by atoms with E-state index in [-0.39, 0.29) is 23.0 Å². The van der Waals surface area contributed by atoms with Gasteiger partial charge in [-0.15, -0.1) is 11.3 Å².